The Labute approximate surface area is 104 Å². The molecule has 1 atom stereocenters. The van der Waals surface area contributed by atoms with E-state index in [1.165, 1.54) is 12.1 Å². The van der Waals surface area contributed by atoms with E-state index in [4.69, 9.17) is 16.9 Å². The number of amides is 1. The molecule has 0 spiro atoms. The maximum absolute atomic E-state index is 13.5. The van der Waals surface area contributed by atoms with Crippen LogP contribution in [0.3, 0.4) is 0 Å². The minimum absolute atomic E-state index is 0.0268. The van der Waals surface area contributed by atoms with E-state index in [1.54, 1.807) is 13.8 Å². The summed E-state index contributed by atoms with van der Waals surface area (Å²) in [6.45, 7) is 3.33. The standard InChI is InChI=1S/C12H12ClFN2O/c1-3-12(2,7-15)16-11(17)10-8(13)5-4-6-9(10)14/h4-6H,3H2,1-2H3,(H,16,17). The lowest BCUT2D eigenvalue weighted by atomic mass is 10.0. The zero-order valence-electron chi connectivity index (χ0n) is 9.55. The molecule has 0 aliphatic rings. The molecule has 1 unspecified atom stereocenters. The van der Waals surface area contributed by atoms with Gasteiger partial charge in [0.15, 0.2) is 0 Å². The second kappa shape index (κ2) is 5.15. The third-order valence-corrected chi connectivity index (χ3v) is 2.85. The van der Waals surface area contributed by atoms with Gasteiger partial charge in [0.25, 0.3) is 5.91 Å². The molecule has 90 valence electrons. The average Bonchev–Trinajstić information content (AvgIpc) is 2.28. The van der Waals surface area contributed by atoms with Gasteiger partial charge in [-0.1, -0.05) is 24.6 Å². The molecule has 17 heavy (non-hydrogen) atoms. The molecule has 3 nitrogen and oxygen atoms in total. The molecule has 0 saturated heterocycles. The summed E-state index contributed by atoms with van der Waals surface area (Å²) in [7, 11) is 0. The first-order valence-electron chi connectivity index (χ1n) is 5.11. The van der Waals surface area contributed by atoms with Gasteiger partial charge >= 0.3 is 0 Å². The fourth-order valence-electron chi connectivity index (χ4n) is 1.22. The number of carbonyl (C=O) groups excluding carboxylic acids is 1. The molecule has 0 aliphatic heterocycles. The molecule has 1 aromatic rings. The zero-order chi connectivity index (χ0) is 13.1. The Morgan fingerprint density at radius 2 is 2.29 bits per heavy atom. The highest BCUT2D eigenvalue weighted by Crippen LogP contribution is 2.20. The van der Waals surface area contributed by atoms with Crippen molar-refractivity contribution in [3.05, 3.63) is 34.6 Å². The molecule has 0 aromatic heterocycles. The Balaban J connectivity index is 3.03. The van der Waals surface area contributed by atoms with E-state index in [2.05, 4.69) is 5.32 Å². The van der Waals surface area contributed by atoms with Crippen LogP contribution in [0.4, 0.5) is 4.39 Å². The van der Waals surface area contributed by atoms with Crippen LogP contribution in [0.1, 0.15) is 30.6 Å². The van der Waals surface area contributed by atoms with Crippen molar-refractivity contribution in [2.75, 3.05) is 0 Å². The number of nitrogens with one attached hydrogen (secondary N) is 1. The molecule has 0 aliphatic carbocycles. The van der Waals surface area contributed by atoms with E-state index >= 15 is 0 Å². The predicted molar refractivity (Wildman–Crippen MR) is 63.2 cm³/mol. The highest BCUT2D eigenvalue weighted by atomic mass is 35.5. The van der Waals surface area contributed by atoms with Gasteiger partial charge in [0.2, 0.25) is 0 Å². The van der Waals surface area contributed by atoms with Crippen LogP contribution in [-0.2, 0) is 0 Å². The second-order valence-corrected chi connectivity index (χ2v) is 4.26. The summed E-state index contributed by atoms with van der Waals surface area (Å²) < 4.78 is 13.5. The van der Waals surface area contributed by atoms with Crippen molar-refractivity contribution in [2.45, 2.75) is 25.8 Å². The highest BCUT2D eigenvalue weighted by Gasteiger charge is 2.26. The van der Waals surface area contributed by atoms with Gasteiger partial charge in [0.05, 0.1) is 16.7 Å². The molecule has 0 heterocycles. The maximum Gasteiger partial charge on any atom is 0.257 e. The number of carbonyl (C=O) groups is 1. The fraction of sp³-hybridized carbons (Fsp3) is 0.333. The molecule has 1 aromatic carbocycles. The van der Waals surface area contributed by atoms with Crippen molar-refractivity contribution >= 4 is 17.5 Å². The lowest BCUT2D eigenvalue weighted by molar-refractivity contribution is 0.0919. The van der Waals surface area contributed by atoms with Gasteiger partial charge in [-0.2, -0.15) is 5.26 Å². The van der Waals surface area contributed by atoms with Gasteiger partial charge in [-0.05, 0) is 25.5 Å². The Morgan fingerprint density at radius 3 is 2.76 bits per heavy atom. The van der Waals surface area contributed by atoms with Gasteiger partial charge in [-0.25, -0.2) is 4.39 Å². The van der Waals surface area contributed by atoms with Gasteiger partial charge in [-0.15, -0.1) is 0 Å². The predicted octanol–water partition coefficient (Wildman–Crippen LogP) is 2.90. The van der Waals surface area contributed by atoms with E-state index in [9.17, 15) is 9.18 Å². The quantitative estimate of drug-likeness (QED) is 0.902. The molecule has 1 N–H and O–H groups in total. The summed E-state index contributed by atoms with van der Waals surface area (Å²) in [6, 6.07) is 5.96. The molecule has 0 radical (unpaired) electrons. The molecular weight excluding hydrogens is 243 g/mol. The molecule has 0 bridgehead atoms. The number of nitrogens with zero attached hydrogens (tertiary/aromatic N) is 1. The maximum atomic E-state index is 13.5. The number of hydrogen-bond donors (Lipinski definition) is 1. The number of nitriles is 1. The Bertz CT molecular complexity index is 464. The largest absolute Gasteiger partial charge is 0.334 e. The molecule has 5 heteroatoms. The normalized spacial score (nSPS) is 13.6. The number of benzene rings is 1. The summed E-state index contributed by atoms with van der Waals surface area (Å²) >= 11 is 5.76. The van der Waals surface area contributed by atoms with Crippen LogP contribution >= 0.6 is 11.6 Å². The lowest BCUT2D eigenvalue weighted by Gasteiger charge is -2.21. The van der Waals surface area contributed by atoms with Crippen LogP contribution in [0.15, 0.2) is 18.2 Å². The molecule has 0 fully saturated rings. The first-order valence-corrected chi connectivity index (χ1v) is 5.49. The minimum Gasteiger partial charge on any atom is -0.334 e. The minimum atomic E-state index is -1.03. The number of hydrogen-bond acceptors (Lipinski definition) is 2. The van der Waals surface area contributed by atoms with Crippen molar-refractivity contribution in [3.63, 3.8) is 0 Å². The molecular formula is C12H12ClFN2O. The van der Waals surface area contributed by atoms with Crippen molar-refractivity contribution in [3.8, 4) is 6.07 Å². The van der Waals surface area contributed by atoms with Crippen LogP contribution < -0.4 is 5.32 Å². The van der Waals surface area contributed by atoms with Gasteiger partial charge in [0, 0.05) is 0 Å². The van der Waals surface area contributed by atoms with Gasteiger partial charge in [0.1, 0.15) is 11.4 Å². The Hall–Kier alpha value is -1.60. The summed E-state index contributed by atoms with van der Waals surface area (Å²) in [5.41, 5.74) is -1.26. The fourth-order valence-corrected chi connectivity index (χ4v) is 1.47. The van der Waals surface area contributed by atoms with Crippen molar-refractivity contribution in [1.82, 2.24) is 5.32 Å². The van der Waals surface area contributed by atoms with Crippen LogP contribution in [0.2, 0.25) is 5.02 Å². The summed E-state index contributed by atoms with van der Waals surface area (Å²) in [6.07, 6.45) is 0.418. The number of halogens is 2. The Kier molecular flexibility index (Phi) is 4.08. The summed E-state index contributed by atoms with van der Waals surface area (Å²) in [5.74, 6) is -1.38. The van der Waals surface area contributed by atoms with E-state index in [0.29, 0.717) is 6.42 Å². The van der Waals surface area contributed by atoms with Crippen LogP contribution in [-0.4, -0.2) is 11.4 Å². The van der Waals surface area contributed by atoms with Gasteiger partial charge < -0.3 is 5.32 Å². The van der Waals surface area contributed by atoms with E-state index in [1.807, 2.05) is 6.07 Å². The smallest absolute Gasteiger partial charge is 0.257 e. The van der Waals surface area contributed by atoms with Crippen LogP contribution in [0.5, 0.6) is 0 Å². The van der Waals surface area contributed by atoms with E-state index in [0.717, 1.165) is 6.07 Å². The highest BCUT2D eigenvalue weighted by molar-refractivity contribution is 6.33. The van der Waals surface area contributed by atoms with Crippen LogP contribution in [0.25, 0.3) is 0 Å². The van der Waals surface area contributed by atoms with E-state index in [-0.39, 0.29) is 10.6 Å². The monoisotopic (exact) mass is 254 g/mol. The van der Waals surface area contributed by atoms with Crippen molar-refractivity contribution in [2.24, 2.45) is 0 Å². The molecule has 1 amide bonds. The number of rotatable bonds is 3. The topological polar surface area (TPSA) is 52.9 Å². The third-order valence-electron chi connectivity index (χ3n) is 2.53. The van der Waals surface area contributed by atoms with E-state index < -0.39 is 17.3 Å². The summed E-state index contributed by atoms with van der Waals surface area (Å²) in [5, 5.41) is 11.4. The second-order valence-electron chi connectivity index (χ2n) is 3.85. The first kappa shape index (κ1) is 13.5. The molecule has 0 saturated carbocycles. The summed E-state index contributed by atoms with van der Waals surface area (Å²) in [4.78, 5) is 11.8. The SMILES string of the molecule is CCC(C)(C#N)NC(=O)c1c(F)cccc1Cl. The molecule has 1 rings (SSSR count). The first-order chi connectivity index (χ1) is 7.93. The lowest BCUT2D eigenvalue weighted by Crippen LogP contribution is -2.44. The zero-order valence-corrected chi connectivity index (χ0v) is 10.3. The van der Waals surface area contributed by atoms with Gasteiger partial charge in [-0.3, -0.25) is 4.79 Å². The van der Waals surface area contributed by atoms with Crippen molar-refractivity contribution in [1.29, 1.82) is 5.26 Å². The van der Waals surface area contributed by atoms with Crippen molar-refractivity contribution < 1.29 is 9.18 Å². The average molecular weight is 255 g/mol. The Morgan fingerprint density at radius 1 is 1.65 bits per heavy atom. The third kappa shape index (κ3) is 2.95. The van der Waals surface area contributed by atoms with Crippen LogP contribution in [0, 0.1) is 17.1 Å².